The molecule has 0 aliphatic carbocycles. The molecule has 0 aliphatic heterocycles. The molecule has 0 radical (unpaired) electrons. The van der Waals surface area contributed by atoms with Crippen LogP contribution in [-0.2, 0) is 6.61 Å². The number of nitriles is 1. The topological polar surface area (TPSA) is 84.1 Å². The number of rotatable bonds is 5. The first-order chi connectivity index (χ1) is 13.9. The maximum Gasteiger partial charge on any atom is 0.287 e. The molecule has 3 rings (SSSR count). The third kappa shape index (κ3) is 4.65. The van der Waals surface area contributed by atoms with E-state index in [0.29, 0.717) is 27.6 Å². The normalized spacial score (nSPS) is 10.3. The number of aromatic nitrogens is 1. The van der Waals surface area contributed by atoms with Gasteiger partial charge in [-0.2, -0.15) is 5.26 Å². The van der Waals surface area contributed by atoms with Crippen molar-refractivity contribution in [3.8, 4) is 11.8 Å². The van der Waals surface area contributed by atoms with Crippen LogP contribution in [0.5, 0.6) is 5.75 Å². The van der Waals surface area contributed by atoms with Gasteiger partial charge < -0.3 is 4.74 Å². The lowest BCUT2D eigenvalue weighted by Gasteiger charge is -2.13. The van der Waals surface area contributed by atoms with Gasteiger partial charge in [-0.15, -0.1) is 0 Å². The van der Waals surface area contributed by atoms with Gasteiger partial charge in [0, 0.05) is 16.3 Å². The van der Waals surface area contributed by atoms with Crippen LogP contribution in [0.4, 0.5) is 0 Å². The van der Waals surface area contributed by atoms with Gasteiger partial charge in [-0.05, 0) is 67.4 Å². The van der Waals surface area contributed by atoms with Crippen molar-refractivity contribution in [3.63, 3.8) is 0 Å². The fourth-order valence-electron chi connectivity index (χ4n) is 2.83. The van der Waals surface area contributed by atoms with Gasteiger partial charge in [0.05, 0.1) is 0 Å². The molecule has 2 aromatic carbocycles. The zero-order chi connectivity index (χ0) is 21.0. The number of hydrogen-bond acceptors (Lipinski definition) is 4. The van der Waals surface area contributed by atoms with E-state index in [0.717, 1.165) is 10.2 Å². The molecular formula is C22H18ClN3O3. The molecule has 0 bridgehead atoms. The number of pyridine rings is 1. The van der Waals surface area contributed by atoms with Crippen LogP contribution in [0.2, 0.25) is 5.02 Å². The highest BCUT2D eigenvalue weighted by Gasteiger charge is 2.13. The molecule has 146 valence electrons. The summed E-state index contributed by atoms with van der Waals surface area (Å²) in [6.07, 6.45) is 0. The summed E-state index contributed by atoms with van der Waals surface area (Å²) in [5, 5.41) is 9.80. The molecule has 0 saturated heterocycles. The number of amides is 1. The third-order valence-electron chi connectivity index (χ3n) is 4.32. The van der Waals surface area contributed by atoms with Crippen LogP contribution in [0.1, 0.15) is 32.7 Å². The number of halogens is 1. The van der Waals surface area contributed by atoms with Crippen LogP contribution in [0.15, 0.2) is 59.4 Å². The Hall–Kier alpha value is -3.56. The molecule has 0 unspecified atom stereocenters. The molecule has 0 spiro atoms. The van der Waals surface area contributed by atoms with Gasteiger partial charge in [-0.25, -0.2) is 4.68 Å². The summed E-state index contributed by atoms with van der Waals surface area (Å²) >= 11 is 5.86. The minimum atomic E-state index is -0.555. The van der Waals surface area contributed by atoms with Crippen LogP contribution in [0.25, 0.3) is 0 Å². The second kappa shape index (κ2) is 8.63. The Morgan fingerprint density at radius 3 is 2.59 bits per heavy atom. The molecule has 3 aromatic rings. The Kier molecular flexibility index (Phi) is 6.01. The van der Waals surface area contributed by atoms with Crippen LogP contribution < -0.4 is 15.7 Å². The first-order valence-corrected chi connectivity index (χ1v) is 9.19. The summed E-state index contributed by atoms with van der Waals surface area (Å²) in [5.41, 5.74) is 4.27. The van der Waals surface area contributed by atoms with Gasteiger partial charge in [0.1, 0.15) is 24.0 Å². The van der Waals surface area contributed by atoms with Crippen molar-refractivity contribution in [1.82, 2.24) is 4.68 Å². The lowest BCUT2D eigenvalue weighted by atomic mass is 10.1. The minimum Gasteiger partial charge on any atom is -0.489 e. The van der Waals surface area contributed by atoms with Crippen molar-refractivity contribution in [2.45, 2.75) is 20.5 Å². The number of benzene rings is 2. The summed E-state index contributed by atoms with van der Waals surface area (Å²) in [5.74, 6) is 0.200. The highest BCUT2D eigenvalue weighted by atomic mass is 35.5. The number of ether oxygens (including phenoxy) is 1. The maximum atomic E-state index is 12.7. The smallest absolute Gasteiger partial charge is 0.287 e. The number of hydrogen-bond donors (Lipinski definition) is 1. The van der Waals surface area contributed by atoms with E-state index >= 15 is 0 Å². The van der Waals surface area contributed by atoms with Gasteiger partial charge in [-0.1, -0.05) is 23.7 Å². The van der Waals surface area contributed by atoms with Crippen molar-refractivity contribution < 1.29 is 9.53 Å². The summed E-state index contributed by atoms with van der Waals surface area (Å²) in [6, 6.07) is 17.4. The van der Waals surface area contributed by atoms with E-state index in [4.69, 9.17) is 16.3 Å². The molecular weight excluding hydrogens is 390 g/mol. The second-order valence-electron chi connectivity index (χ2n) is 6.48. The van der Waals surface area contributed by atoms with Gasteiger partial charge in [0.25, 0.3) is 11.5 Å². The first-order valence-electron chi connectivity index (χ1n) is 8.81. The zero-order valence-electron chi connectivity index (χ0n) is 15.9. The number of carbonyl (C=O) groups excluding carboxylic acids is 1. The average Bonchev–Trinajstić information content (AvgIpc) is 2.71. The van der Waals surface area contributed by atoms with E-state index in [9.17, 15) is 14.9 Å². The Balaban J connectivity index is 1.77. The van der Waals surface area contributed by atoms with E-state index in [-0.39, 0.29) is 12.2 Å². The molecule has 0 atom stereocenters. The fourth-order valence-corrected chi connectivity index (χ4v) is 2.96. The lowest BCUT2D eigenvalue weighted by molar-refractivity contribution is 0.101. The van der Waals surface area contributed by atoms with E-state index in [1.807, 2.05) is 12.1 Å². The van der Waals surface area contributed by atoms with Gasteiger partial charge in [0.2, 0.25) is 0 Å². The number of carbonyl (C=O) groups is 1. The fraction of sp³-hybridized carbons (Fsp3) is 0.136. The minimum absolute atomic E-state index is 0.000940. The van der Waals surface area contributed by atoms with E-state index in [1.54, 1.807) is 62.4 Å². The first kappa shape index (κ1) is 20.2. The molecule has 1 N–H and O–H groups in total. The molecule has 0 fully saturated rings. The number of aryl methyl sites for hydroxylation is 2. The highest BCUT2D eigenvalue weighted by Crippen LogP contribution is 2.17. The quantitative estimate of drug-likeness (QED) is 0.694. The predicted octanol–water partition coefficient (Wildman–Crippen LogP) is 3.95. The molecule has 1 aromatic heterocycles. The zero-order valence-corrected chi connectivity index (χ0v) is 16.7. The Morgan fingerprint density at radius 2 is 1.90 bits per heavy atom. The van der Waals surface area contributed by atoms with E-state index < -0.39 is 11.5 Å². The van der Waals surface area contributed by atoms with E-state index in [1.165, 1.54) is 0 Å². The van der Waals surface area contributed by atoms with Crippen molar-refractivity contribution in [2.24, 2.45) is 0 Å². The molecule has 1 heterocycles. The van der Waals surface area contributed by atoms with Crippen molar-refractivity contribution in [2.75, 3.05) is 5.43 Å². The van der Waals surface area contributed by atoms with Crippen LogP contribution in [-0.4, -0.2) is 10.6 Å². The number of nitrogens with one attached hydrogen (secondary N) is 1. The highest BCUT2D eigenvalue weighted by molar-refractivity contribution is 6.30. The Bertz CT molecular complexity index is 1160. The van der Waals surface area contributed by atoms with Crippen molar-refractivity contribution in [1.29, 1.82) is 5.26 Å². The Morgan fingerprint density at radius 1 is 1.17 bits per heavy atom. The summed E-state index contributed by atoms with van der Waals surface area (Å²) in [6.45, 7) is 3.64. The summed E-state index contributed by atoms with van der Waals surface area (Å²) < 4.78 is 6.79. The molecule has 0 saturated carbocycles. The van der Waals surface area contributed by atoms with Gasteiger partial charge in [-0.3, -0.25) is 15.0 Å². The largest absolute Gasteiger partial charge is 0.489 e. The lowest BCUT2D eigenvalue weighted by Crippen LogP contribution is -2.36. The number of nitrogens with zero attached hydrogens (tertiary/aromatic N) is 2. The van der Waals surface area contributed by atoms with Gasteiger partial charge in [0.15, 0.2) is 0 Å². The van der Waals surface area contributed by atoms with Gasteiger partial charge >= 0.3 is 0 Å². The van der Waals surface area contributed by atoms with Crippen LogP contribution >= 0.6 is 11.6 Å². The predicted molar refractivity (Wildman–Crippen MR) is 111 cm³/mol. The molecule has 7 heteroatoms. The monoisotopic (exact) mass is 407 g/mol. The van der Waals surface area contributed by atoms with Crippen molar-refractivity contribution in [3.05, 3.63) is 97.9 Å². The molecule has 29 heavy (non-hydrogen) atoms. The van der Waals surface area contributed by atoms with Crippen LogP contribution in [0.3, 0.4) is 0 Å². The third-order valence-corrected chi connectivity index (χ3v) is 4.57. The summed E-state index contributed by atoms with van der Waals surface area (Å²) in [4.78, 5) is 25.1. The van der Waals surface area contributed by atoms with Crippen molar-refractivity contribution >= 4 is 17.5 Å². The van der Waals surface area contributed by atoms with Crippen LogP contribution in [0, 0.1) is 25.2 Å². The average molecular weight is 408 g/mol. The Labute approximate surface area is 172 Å². The molecule has 0 aliphatic rings. The van der Waals surface area contributed by atoms with E-state index in [2.05, 4.69) is 5.43 Å². The maximum absolute atomic E-state index is 12.7. The summed E-state index contributed by atoms with van der Waals surface area (Å²) in [7, 11) is 0. The standard InChI is InChI=1S/C22H18ClN3O3/c1-14-10-15(2)26(22(28)20(14)12-24)25-21(27)17-5-3-4-16(11-17)13-29-19-8-6-18(23)7-9-19/h3-11H,13H2,1-2H3,(H,25,27). The second-order valence-corrected chi connectivity index (χ2v) is 6.92. The SMILES string of the molecule is Cc1cc(C)n(NC(=O)c2cccc(COc3ccc(Cl)cc3)c2)c(=O)c1C#N. The molecule has 6 nitrogen and oxygen atoms in total. The molecule has 1 amide bonds.